The Hall–Kier alpha value is -3.02. The van der Waals surface area contributed by atoms with Gasteiger partial charge >= 0.3 is 0 Å². The number of unbranched alkanes of at least 4 members (excludes halogenated alkanes) is 4. The zero-order chi connectivity index (χ0) is 21.0. The van der Waals surface area contributed by atoms with Gasteiger partial charge in [0.05, 0.1) is 13.2 Å². The van der Waals surface area contributed by atoms with Crippen molar-refractivity contribution in [2.75, 3.05) is 13.2 Å². The molecule has 3 rings (SSSR count). The van der Waals surface area contributed by atoms with Crippen LogP contribution < -0.4 is 9.47 Å². The fourth-order valence-electron chi connectivity index (χ4n) is 2.95. The third kappa shape index (κ3) is 6.51. The van der Waals surface area contributed by atoms with Gasteiger partial charge in [0.15, 0.2) is 0 Å². The fraction of sp³-hybridized carbons (Fsp3) is 0.417. The first-order valence-electron chi connectivity index (χ1n) is 10.8. The van der Waals surface area contributed by atoms with E-state index in [0.717, 1.165) is 48.7 Å². The lowest BCUT2D eigenvalue weighted by Gasteiger charge is -2.07. The zero-order valence-electron chi connectivity index (χ0n) is 17.9. The molecule has 2 aromatic carbocycles. The highest BCUT2D eigenvalue weighted by Gasteiger charge is 2.07. The minimum atomic E-state index is 0.493. The molecule has 0 bridgehead atoms. The summed E-state index contributed by atoms with van der Waals surface area (Å²) in [6.45, 7) is 5.84. The summed E-state index contributed by atoms with van der Waals surface area (Å²) in [6, 6.07) is 15.4. The minimum absolute atomic E-state index is 0.493. The molecule has 0 N–H and O–H groups in total. The van der Waals surface area contributed by atoms with Gasteiger partial charge in [0.25, 0.3) is 0 Å². The van der Waals surface area contributed by atoms with Gasteiger partial charge in [-0.2, -0.15) is 0 Å². The van der Waals surface area contributed by atoms with Gasteiger partial charge in [-0.05, 0) is 61.4 Å². The van der Waals surface area contributed by atoms with Crippen LogP contribution >= 0.6 is 0 Å². The summed E-state index contributed by atoms with van der Waals surface area (Å²) >= 11 is 0. The van der Waals surface area contributed by atoms with Crippen LogP contribution in [0.3, 0.4) is 0 Å². The van der Waals surface area contributed by atoms with Gasteiger partial charge in [0.2, 0.25) is 11.6 Å². The third-order valence-corrected chi connectivity index (χ3v) is 4.74. The van der Waals surface area contributed by atoms with Gasteiger partial charge in [-0.1, -0.05) is 39.5 Å². The van der Waals surface area contributed by atoms with Gasteiger partial charge in [0.1, 0.15) is 11.5 Å². The van der Waals surface area contributed by atoms with Crippen molar-refractivity contribution >= 4 is 0 Å². The van der Waals surface area contributed by atoms with E-state index in [1.807, 2.05) is 48.5 Å². The summed E-state index contributed by atoms with van der Waals surface area (Å²) in [6.07, 6.45) is 6.89. The first kappa shape index (κ1) is 21.7. The summed E-state index contributed by atoms with van der Waals surface area (Å²) < 4.78 is 11.5. The third-order valence-electron chi connectivity index (χ3n) is 4.74. The van der Waals surface area contributed by atoms with Crippen molar-refractivity contribution in [1.29, 1.82) is 0 Å². The summed E-state index contributed by atoms with van der Waals surface area (Å²) in [5.74, 6) is 2.69. The Morgan fingerprint density at radius 1 is 0.533 bits per heavy atom. The van der Waals surface area contributed by atoms with Crippen molar-refractivity contribution < 1.29 is 9.47 Å². The van der Waals surface area contributed by atoms with Crippen LogP contribution in [0.15, 0.2) is 48.5 Å². The highest BCUT2D eigenvalue weighted by molar-refractivity contribution is 5.58. The van der Waals surface area contributed by atoms with E-state index >= 15 is 0 Å². The number of nitrogens with zero attached hydrogens (tertiary/aromatic N) is 4. The second kappa shape index (κ2) is 11.9. The smallest absolute Gasteiger partial charge is 0.203 e. The molecule has 6 nitrogen and oxygen atoms in total. The van der Waals surface area contributed by atoms with Gasteiger partial charge in [-0.25, -0.2) is 0 Å². The SMILES string of the molecule is CCCCCOc1ccc(-c2nnc(-c3ccc(OCCCCC)cc3)nn2)cc1. The van der Waals surface area contributed by atoms with Crippen molar-refractivity contribution in [3.8, 4) is 34.3 Å². The van der Waals surface area contributed by atoms with E-state index in [4.69, 9.17) is 9.47 Å². The van der Waals surface area contributed by atoms with Crippen LogP contribution in [0.4, 0.5) is 0 Å². The molecule has 3 aromatic rings. The maximum absolute atomic E-state index is 5.74. The zero-order valence-corrected chi connectivity index (χ0v) is 17.9. The quantitative estimate of drug-likeness (QED) is 0.357. The number of hydrogen-bond donors (Lipinski definition) is 0. The molecule has 1 aromatic heterocycles. The summed E-state index contributed by atoms with van der Waals surface area (Å²) in [4.78, 5) is 0. The molecule has 30 heavy (non-hydrogen) atoms. The highest BCUT2D eigenvalue weighted by Crippen LogP contribution is 2.21. The van der Waals surface area contributed by atoms with E-state index < -0.39 is 0 Å². The molecule has 0 saturated heterocycles. The Kier molecular flexibility index (Phi) is 8.57. The van der Waals surface area contributed by atoms with Crippen LogP contribution in [0.1, 0.15) is 52.4 Å². The minimum Gasteiger partial charge on any atom is -0.494 e. The molecule has 158 valence electrons. The monoisotopic (exact) mass is 406 g/mol. The van der Waals surface area contributed by atoms with E-state index in [1.54, 1.807) is 0 Å². The molecule has 0 unspecified atom stereocenters. The molecule has 0 atom stereocenters. The van der Waals surface area contributed by atoms with Crippen LogP contribution in [-0.4, -0.2) is 33.6 Å². The Bertz CT molecular complexity index is 791. The molecule has 0 aliphatic rings. The molecule has 0 amide bonds. The maximum Gasteiger partial charge on any atom is 0.203 e. The second-order valence-electron chi connectivity index (χ2n) is 7.21. The molecule has 1 heterocycles. The van der Waals surface area contributed by atoms with Gasteiger partial charge in [-0.15, -0.1) is 20.4 Å². The maximum atomic E-state index is 5.74. The lowest BCUT2D eigenvalue weighted by Crippen LogP contribution is -2.00. The van der Waals surface area contributed by atoms with Crippen LogP contribution in [0, 0.1) is 0 Å². The van der Waals surface area contributed by atoms with Crippen molar-refractivity contribution in [2.45, 2.75) is 52.4 Å². The normalized spacial score (nSPS) is 10.7. The summed E-state index contributed by atoms with van der Waals surface area (Å²) in [5, 5.41) is 17.0. The fourth-order valence-corrected chi connectivity index (χ4v) is 2.95. The Balaban J connectivity index is 1.56. The van der Waals surface area contributed by atoms with E-state index in [9.17, 15) is 0 Å². The van der Waals surface area contributed by atoms with Crippen LogP contribution in [0.2, 0.25) is 0 Å². The standard InChI is InChI=1S/C24H30N4O2/c1-3-5-7-17-29-21-13-9-19(10-14-21)23-25-27-24(28-26-23)20-11-15-22(16-12-20)30-18-8-6-4-2/h9-16H,3-8,17-18H2,1-2H3. The average molecular weight is 407 g/mol. The van der Waals surface area contributed by atoms with Crippen LogP contribution in [-0.2, 0) is 0 Å². The van der Waals surface area contributed by atoms with Crippen molar-refractivity contribution in [1.82, 2.24) is 20.4 Å². The highest BCUT2D eigenvalue weighted by atomic mass is 16.5. The Morgan fingerprint density at radius 2 is 0.900 bits per heavy atom. The van der Waals surface area contributed by atoms with Crippen LogP contribution in [0.25, 0.3) is 22.8 Å². The van der Waals surface area contributed by atoms with E-state index in [1.165, 1.54) is 25.7 Å². The van der Waals surface area contributed by atoms with Gasteiger partial charge < -0.3 is 9.47 Å². The first-order chi connectivity index (χ1) is 14.8. The molecule has 0 aliphatic carbocycles. The molecule has 6 heteroatoms. The van der Waals surface area contributed by atoms with Gasteiger partial charge in [0, 0.05) is 11.1 Å². The van der Waals surface area contributed by atoms with Crippen molar-refractivity contribution in [3.63, 3.8) is 0 Å². The number of rotatable bonds is 12. The lowest BCUT2D eigenvalue weighted by molar-refractivity contribution is 0.306. The number of ether oxygens (including phenoxy) is 2. The van der Waals surface area contributed by atoms with E-state index in [2.05, 4.69) is 34.2 Å². The van der Waals surface area contributed by atoms with Gasteiger partial charge in [-0.3, -0.25) is 0 Å². The Morgan fingerprint density at radius 3 is 1.23 bits per heavy atom. The molecule has 0 aliphatic heterocycles. The number of benzene rings is 2. The topological polar surface area (TPSA) is 70.0 Å². The van der Waals surface area contributed by atoms with Crippen molar-refractivity contribution in [2.24, 2.45) is 0 Å². The summed E-state index contributed by atoms with van der Waals surface area (Å²) in [7, 11) is 0. The molecule has 0 radical (unpaired) electrons. The number of aromatic nitrogens is 4. The lowest BCUT2D eigenvalue weighted by atomic mass is 10.2. The predicted octanol–water partition coefficient (Wildman–Crippen LogP) is 5.74. The molecule has 0 spiro atoms. The number of hydrogen-bond acceptors (Lipinski definition) is 6. The van der Waals surface area contributed by atoms with Crippen LogP contribution in [0.5, 0.6) is 11.5 Å². The average Bonchev–Trinajstić information content (AvgIpc) is 2.81. The second-order valence-corrected chi connectivity index (χ2v) is 7.21. The van der Waals surface area contributed by atoms with E-state index in [0.29, 0.717) is 11.6 Å². The first-order valence-corrected chi connectivity index (χ1v) is 10.8. The predicted molar refractivity (Wildman–Crippen MR) is 119 cm³/mol. The summed E-state index contributed by atoms with van der Waals surface area (Å²) in [5.41, 5.74) is 1.72. The largest absolute Gasteiger partial charge is 0.494 e. The molecular weight excluding hydrogens is 376 g/mol. The molecular formula is C24H30N4O2. The van der Waals surface area contributed by atoms with E-state index in [-0.39, 0.29) is 0 Å². The molecule has 0 saturated carbocycles. The Labute approximate surface area is 178 Å². The van der Waals surface area contributed by atoms with Crippen molar-refractivity contribution in [3.05, 3.63) is 48.5 Å². The molecule has 0 fully saturated rings.